The smallest absolute Gasteiger partial charge is 0.412 e. The van der Waals surface area contributed by atoms with Crippen molar-refractivity contribution in [3.05, 3.63) is 59.9 Å². The molecule has 1 N–H and O–H groups in total. The number of ketones is 1. The van der Waals surface area contributed by atoms with Gasteiger partial charge in [-0.3, -0.25) is 14.9 Å². The average molecular weight is 444 g/mol. The van der Waals surface area contributed by atoms with Gasteiger partial charge in [-0.1, -0.05) is 18.2 Å². The van der Waals surface area contributed by atoms with Crippen molar-refractivity contribution in [2.75, 3.05) is 31.6 Å². The van der Waals surface area contributed by atoms with Crippen molar-refractivity contribution in [3.8, 4) is 5.75 Å². The third kappa shape index (κ3) is 6.27. The maximum Gasteiger partial charge on any atom is 0.412 e. The van der Waals surface area contributed by atoms with Crippen LogP contribution in [0.1, 0.15) is 24.2 Å². The maximum atomic E-state index is 13.4. The van der Waals surface area contributed by atoms with Crippen molar-refractivity contribution in [3.63, 3.8) is 0 Å². The fourth-order valence-corrected chi connectivity index (χ4v) is 3.24. The van der Waals surface area contributed by atoms with Gasteiger partial charge in [0.1, 0.15) is 24.3 Å². The molecule has 0 aliphatic carbocycles. The van der Waals surface area contributed by atoms with Crippen LogP contribution in [0, 0.1) is 5.82 Å². The molecule has 2 aromatic carbocycles. The van der Waals surface area contributed by atoms with Crippen LogP contribution >= 0.6 is 0 Å². The van der Waals surface area contributed by atoms with E-state index >= 15 is 0 Å². The number of rotatable bonds is 7. The van der Waals surface area contributed by atoms with E-state index in [1.54, 1.807) is 24.3 Å². The zero-order valence-electron chi connectivity index (χ0n) is 17.9. The Kier molecular flexibility index (Phi) is 7.77. The van der Waals surface area contributed by atoms with E-state index in [2.05, 4.69) is 5.32 Å². The van der Waals surface area contributed by atoms with Gasteiger partial charge in [0.2, 0.25) is 0 Å². The summed E-state index contributed by atoms with van der Waals surface area (Å²) < 4.78 is 29.9. The Balaban J connectivity index is 1.52. The first-order chi connectivity index (χ1) is 15.3. The lowest BCUT2D eigenvalue weighted by atomic mass is 10.1. The van der Waals surface area contributed by atoms with Crippen molar-refractivity contribution < 1.29 is 33.0 Å². The first-order valence-electron chi connectivity index (χ1n) is 10.2. The SMILES string of the molecule is CC(=O)c1cc(F)ccc1OCC1CN(C(=O)C(C)OC(=O)Nc2ccccc2)CCO1. The number of benzene rings is 2. The third-order valence-electron chi connectivity index (χ3n) is 4.85. The number of para-hydroxylation sites is 1. The molecule has 0 aromatic heterocycles. The summed E-state index contributed by atoms with van der Waals surface area (Å²) in [6.07, 6.45) is -2.17. The monoisotopic (exact) mass is 444 g/mol. The van der Waals surface area contributed by atoms with Crippen molar-refractivity contribution in [1.82, 2.24) is 4.90 Å². The molecule has 1 aliphatic rings. The summed E-state index contributed by atoms with van der Waals surface area (Å²) in [6.45, 7) is 3.76. The molecule has 1 heterocycles. The topological polar surface area (TPSA) is 94.2 Å². The molecule has 1 saturated heterocycles. The number of nitrogens with zero attached hydrogens (tertiary/aromatic N) is 1. The molecule has 1 fully saturated rings. The molecule has 0 spiro atoms. The third-order valence-corrected chi connectivity index (χ3v) is 4.85. The standard InChI is InChI=1S/C23H25FN2O6/c1-15(27)20-12-17(24)8-9-21(20)31-14-19-13-26(10-11-30-19)22(28)16(2)32-23(29)25-18-6-4-3-5-7-18/h3-9,12,16,19H,10-11,13-14H2,1-2H3,(H,25,29). The number of hydrogen-bond acceptors (Lipinski definition) is 6. The molecule has 2 aromatic rings. The van der Waals surface area contributed by atoms with Crippen LogP contribution < -0.4 is 10.1 Å². The first kappa shape index (κ1) is 23.2. The lowest BCUT2D eigenvalue weighted by Gasteiger charge is -2.34. The minimum absolute atomic E-state index is 0.0689. The fourth-order valence-electron chi connectivity index (χ4n) is 3.24. The Morgan fingerprint density at radius 3 is 2.69 bits per heavy atom. The quantitative estimate of drug-likeness (QED) is 0.659. The molecule has 3 rings (SSSR count). The Morgan fingerprint density at radius 2 is 1.97 bits per heavy atom. The van der Waals surface area contributed by atoms with E-state index in [0.717, 1.165) is 6.07 Å². The minimum atomic E-state index is -0.986. The molecule has 32 heavy (non-hydrogen) atoms. The molecule has 0 radical (unpaired) electrons. The van der Waals surface area contributed by atoms with E-state index in [9.17, 15) is 18.8 Å². The number of carbonyl (C=O) groups is 3. The molecule has 170 valence electrons. The van der Waals surface area contributed by atoms with Gasteiger partial charge in [-0.25, -0.2) is 9.18 Å². The minimum Gasteiger partial charge on any atom is -0.490 e. The van der Waals surface area contributed by atoms with E-state index in [-0.39, 0.29) is 42.8 Å². The van der Waals surface area contributed by atoms with Crippen LogP contribution in [0.25, 0.3) is 0 Å². The summed E-state index contributed by atoms with van der Waals surface area (Å²) in [7, 11) is 0. The number of morpholine rings is 1. The van der Waals surface area contributed by atoms with Gasteiger partial charge < -0.3 is 19.1 Å². The summed E-state index contributed by atoms with van der Waals surface area (Å²) in [5.74, 6) is -0.952. The van der Waals surface area contributed by atoms with Gasteiger partial charge >= 0.3 is 6.09 Å². The molecule has 9 heteroatoms. The summed E-state index contributed by atoms with van der Waals surface area (Å²) in [4.78, 5) is 38.0. The van der Waals surface area contributed by atoms with E-state index in [1.165, 1.54) is 30.9 Å². The Morgan fingerprint density at radius 1 is 1.22 bits per heavy atom. The number of amides is 2. The summed E-state index contributed by atoms with van der Waals surface area (Å²) in [5, 5.41) is 2.57. The van der Waals surface area contributed by atoms with Gasteiger partial charge in [0.05, 0.1) is 18.7 Å². The van der Waals surface area contributed by atoms with Crippen LogP contribution in [-0.4, -0.2) is 61.2 Å². The molecule has 0 saturated carbocycles. The number of ether oxygens (including phenoxy) is 3. The van der Waals surface area contributed by atoms with Gasteiger partial charge in [-0.05, 0) is 44.2 Å². The number of carbonyl (C=O) groups excluding carboxylic acids is 3. The fraction of sp³-hybridized carbons (Fsp3) is 0.348. The van der Waals surface area contributed by atoms with Gasteiger partial charge in [0, 0.05) is 12.2 Å². The molecule has 0 bridgehead atoms. The van der Waals surface area contributed by atoms with Crippen LogP contribution in [0.5, 0.6) is 5.75 Å². The number of anilines is 1. The number of nitrogens with one attached hydrogen (secondary N) is 1. The van der Waals surface area contributed by atoms with Crippen LogP contribution in [-0.2, 0) is 14.3 Å². The predicted octanol–water partition coefficient (Wildman–Crippen LogP) is 3.27. The van der Waals surface area contributed by atoms with Crippen LogP contribution in [0.3, 0.4) is 0 Å². The number of Topliss-reactive ketones (excluding diaryl/α,β-unsaturated/α-hetero) is 1. The summed E-state index contributed by atoms with van der Waals surface area (Å²) in [5.41, 5.74) is 0.701. The van der Waals surface area contributed by atoms with Crippen molar-refractivity contribution in [2.45, 2.75) is 26.1 Å². The van der Waals surface area contributed by atoms with Crippen molar-refractivity contribution in [2.24, 2.45) is 0 Å². The zero-order valence-corrected chi connectivity index (χ0v) is 17.9. The molecular formula is C23H25FN2O6. The normalized spacial score (nSPS) is 16.7. The van der Waals surface area contributed by atoms with Gasteiger partial charge in [0.15, 0.2) is 11.9 Å². The zero-order chi connectivity index (χ0) is 23.1. The highest BCUT2D eigenvalue weighted by molar-refractivity contribution is 5.96. The second-order valence-corrected chi connectivity index (χ2v) is 7.32. The largest absolute Gasteiger partial charge is 0.490 e. The number of hydrogen-bond donors (Lipinski definition) is 1. The second kappa shape index (κ2) is 10.7. The number of halogens is 1. The Hall–Kier alpha value is -3.46. The summed E-state index contributed by atoms with van der Waals surface area (Å²) >= 11 is 0. The summed E-state index contributed by atoms with van der Waals surface area (Å²) in [6, 6.07) is 12.5. The van der Waals surface area contributed by atoms with Crippen LogP contribution in [0.4, 0.5) is 14.9 Å². The van der Waals surface area contributed by atoms with Gasteiger partial charge in [-0.2, -0.15) is 0 Å². The maximum absolute atomic E-state index is 13.4. The highest BCUT2D eigenvalue weighted by Gasteiger charge is 2.30. The first-order valence-corrected chi connectivity index (χ1v) is 10.2. The molecule has 1 aliphatic heterocycles. The van der Waals surface area contributed by atoms with Gasteiger partial charge in [0.25, 0.3) is 5.91 Å². The highest BCUT2D eigenvalue weighted by atomic mass is 19.1. The second-order valence-electron chi connectivity index (χ2n) is 7.32. The van der Waals surface area contributed by atoms with Gasteiger partial charge in [-0.15, -0.1) is 0 Å². The average Bonchev–Trinajstić information content (AvgIpc) is 2.78. The lowest BCUT2D eigenvalue weighted by molar-refractivity contribution is -0.147. The molecule has 2 atom stereocenters. The Bertz CT molecular complexity index is 968. The highest BCUT2D eigenvalue weighted by Crippen LogP contribution is 2.21. The van der Waals surface area contributed by atoms with Crippen molar-refractivity contribution in [1.29, 1.82) is 0 Å². The molecular weight excluding hydrogens is 419 g/mol. The molecule has 8 nitrogen and oxygen atoms in total. The van der Waals surface area contributed by atoms with E-state index in [4.69, 9.17) is 14.2 Å². The van der Waals surface area contributed by atoms with E-state index in [0.29, 0.717) is 12.2 Å². The van der Waals surface area contributed by atoms with Crippen LogP contribution in [0.2, 0.25) is 0 Å². The lowest BCUT2D eigenvalue weighted by Crippen LogP contribution is -2.51. The molecule has 2 unspecified atom stereocenters. The van der Waals surface area contributed by atoms with Crippen LogP contribution in [0.15, 0.2) is 48.5 Å². The van der Waals surface area contributed by atoms with E-state index in [1.807, 2.05) is 6.07 Å². The van der Waals surface area contributed by atoms with Crippen molar-refractivity contribution >= 4 is 23.5 Å². The Labute approximate surface area is 185 Å². The molecule has 2 amide bonds. The van der Waals surface area contributed by atoms with E-state index < -0.39 is 24.1 Å². The predicted molar refractivity (Wildman–Crippen MR) is 114 cm³/mol.